The molecule has 0 radical (unpaired) electrons. The molecule has 0 bridgehead atoms. The first kappa shape index (κ1) is 19.8. The molecule has 2 aromatic rings. The zero-order chi connectivity index (χ0) is 19.9. The fraction of sp³-hybridized carbons (Fsp3) is 0.526. The van der Waals surface area contributed by atoms with Gasteiger partial charge in [-0.2, -0.15) is 4.31 Å². The third-order valence-electron chi connectivity index (χ3n) is 5.52. The van der Waals surface area contributed by atoms with Crippen molar-refractivity contribution in [2.45, 2.75) is 30.5 Å². The highest BCUT2D eigenvalue weighted by molar-refractivity contribution is 7.89. The standard InChI is InChI=1S/C19H26N3O4S2/c1-14-17(25-3)18-16(20(2)19(27-18)21-9-11-26-12-10-21)13-22(14)28(23,24)15-7-5-4-6-8-15/h4-8,14,17H,9-13H2,1-3H3/q+1/t14-,17+/m0/s1. The molecular weight excluding hydrogens is 398 g/mol. The number of morpholine rings is 1. The van der Waals surface area contributed by atoms with Gasteiger partial charge in [-0.25, -0.2) is 17.9 Å². The molecule has 1 fully saturated rings. The monoisotopic (exact) mass is 424 g/mol. The number of benzene rings is 1. The molecular formula is C19H26N3O4S2+. The Morgan fingerprint density at radius 3 is 2.54 bits per heavy atom. The van der Waals surface area contributed by atoms with Crippen LogP contribution in [0.3, 0.4) is 0 Å². The van der Waals surface area contributed by atoms with Crippen LogP contribution in [0.4, 0.5) is 5.13 Å². The first-order valence-electron chi connectivity index (χ1n) is 9.39. The number of hydrogen-bond donors (Lipinski definition) is 0. The van der Waals surface area contributed by atoms with Gasteiger partial charge in [0.1, 0.15) is 24.9 Å². The van der Waals surface area contributed by atoms with Crippen molar-refractivity contribution in [3.63, 3.8) is 0 Å². The molecule has 2 aliphatic heterocycles. The smallest absolute Gasteiger partial charge is 0.336 e. The fourth-order valence-corrected chi connectivity index (χ4v) is 7.04. The van der Waals surface area contributed by atoms with Crippen LogP contribution in [0.1, 0.15) is 23.6 Å². The first-order valence-corrected chi connectivity index (χ1v) is 11.6. The molecule has 2 atom stereocenters. The Hall–Kier alpha value is -1.52. The zero-order valence-corrected chi connectivity index (χ0v) is 18.0. The number of aromatic nitrogens is 1. The Balaban J connectivity index is 1.75. The normalized spacial score (nSPS) is 23.6. The lowest BCUT2D eigenvalue weighted by atomic mass is 10.1. The van der Waals surface area contributed by atoms with Crippen molar-refractivity contribution in [1.82, 2.24) is 4.31 Å². The van der Waals surface area contributed by atoms with E-state index in [2.05, 4.69) is 9.47 Å². The van der Waals surface area contributed by atoms with Crippen molar-refractivity contribution in [3.8, 4) is 0 Å². The van der Waals surface area contributed by atoms with Gasteiger partial charge in [-0.3, -0.25) is 0 Å². The number of nitrogens with zero attached hydrogens (tertiary/aromatic N) is 3. The van der Waals surface area contributed by atoms with Crippen molar-refractivity contribution >= 4 is 26.5 Å². The largest absolute Gasteiger partial charge is 0.374 e. The number of methoxy groups -OCH3 is 1. The van der Waals surface area contributed by atoms with Crippen molar-refractivity contribution < 1.29 is 22.5 Å². The molecule has 2 aliphatic rings. The molecule has 152 valence electrons. The van der Waals surface area contributed by atoms with Crippen molar-refractivity contribution in [3.05, 3.63) is 40.9 Å². The van der Waals surface area contributed by atoms with Gasteiger partial charge < -0.3 is 9.47 Å². The van der Waals surface area contributed by atoms with E-state index in [1.165, 1.54) is 0 Å². The molecule has 0 unspecified atom stereocenters. The predicted molar refractivity (Wildman–Crippen MR) is 107 cm³/mol. The Morgan fingerprint density at radius 1 is 1.21 bits per heavy atom. The fourth-order valence-electron chi connectivity index (χ4n) is 3.94. The molecule has 0 spiro atoms. The van der Waals surface area contributed by atoms with Gasteiger partial charge in [0.05, 0.1) is 42.6 Å². The van der Waals surface area contributed by atoms with E-state index >= 15 is 0 Å². The summed E-state index contributed by atoms with van der Waals surface area (Å²) in [7, 11) is 0.0423. The lowest BCUT2D eigenvalue weighted by molar-refractivity contribution is -0.664. The maximum Gasteiger partial charge on any atom is 0.336 e. The SMILES string of the molecule is CO[C@H]1c2sc(N3CCOCC3)[n+](C)c2CN(S(=O)(=O)c2ccccc2)[C@H]1C. The van der Waals surface area contributed by atoms with Crippen LogP contribution in [0.25, 0.3) is 0 Å². The minimum Gasteiger partial charge on any atom is -0.374 e. The van der Waals surface area contributed by atoms with Crippen LogP contribution in [0.2, 0.25) is 0 Å². The van der Waals surface area contributed by atoms with Gasteiger partial charge in [-0.1, -0.05) is 18.2 Å². The van der Waals surface area contributed by atoms with Gasteiger partial charge in [-0.15, -0.1) is 0 Å². The van der Waals surface area contributed by atoms with Gasteiger partial charge in [0.15, 0.2) is 0 Å². The molecule has 7 nitrogen and oxygen atoms in total. The Labute approximate surface area is 170 Å². The molecule has 28 heavy (non-hydrogen) atoms. The third-order valence-corrected chi connectivity index (χ3v) is 8.87. The lowest BCUT2D eigenvalue weighted by Crippen LogP contribution is -2.50. The lowest BCUT2D eigenvalue weighted by Gasteiger charge is -2.36. The minimum absolute atomic E-state index is 0.293. The summed E-state index contributed by atoms with van der Waals surface area (Å²) in [4.78, 5) is 3.73. The highest BCUT2D eigenvalue weighted by atomic mass is 32.2. The van der Waals surface area contributed by atoms with E-state index in [1.54, 1.807) is 47.0 Å². The van der Waals surface area contributed by atoms with Crippen LogP contribution >= 0.6 is 11.3 Å². The summed E-state index contributed by atoms with van der Waals surface area (Å²) in [6, 6.07) is 8.32. The molecule has 1 aromatic heterocycles. The number of hydrogen-bond acceptors (Lipinski definition) is 6. The average molecular weight is 425 g/mol. The van der Waals surface area contributed by atoms with Crippen molar-refractivity contribution in [2.75, 3.05) is 38.3 Å². The van der Waals surface area contributed by atoms with E-state index in [4.69, 9.17) is 9.47 Å². The highest BCUT2D eigenvalue weighted by Gasteiger charge is 2.44. The van der Waals surface area contributed by atoms with E-state index in [-0.39, 0.29) is 12.1 Å². The molecule has 1 saturated heterocycles. The number of fused-ring (bicyclic) bond motifs is 1. The number of thiazole rings is 1. The van der Waals surface area contributed by atoms with Gasteiger partial charge in [0.25, 0.3) is 0 Å². The second kappa shape index (κ2) is 7.72. The van der Waals surface area contributed by atoms with Gasteiger partial charge in [-0.05, 0) is 30.4 Å². The van der Waals surface area contributed by atoms with Gasteiger partial charge in [0.2, 0.25) is 10.0 Å². The predicted octanol–water partition coefficient (Wildman–Crippen LogP) is 1.69. The summed E-state index contributed by atoms with van der Waals surface area (Å²) < 4.78 is 41.6. The third kappa shape index (κ3) is 3.25. The maximum atomic E-state index is 13.3. The van der Waals surface area contributed by atoms with E-state index in [0.717, 1.165) is 28.8 Å². The second-order valence-corrected chi connectivity index (χ2v) is 10.0. The summed E-state index contributed by atoms with van der Waals surface area (Å²) in [5.74, 6) is 0. The summed E-state index contributed by atoms with van der Waals surface area (Å²) >= 11 is 1.70. The topological polar surface area (TPSA) is 63.0 Å². The van der Waals surface area contributed by atoms with Gasteiger partial charge in [0, 0.05) is 7.11 Å². The number of sulfonamides is 1. The van der Waals surface area contributed by atoms with Gasteiger partial charge >= 0.3 is 5.13 Å². The zero-order valence-electron chi connectivity index (χ0n) is 16.4. The maximum absolute atomic E-state index is 13.3. The van der Waals surface area contributed by atoms with Crippen molar-refractivity contribution in [2.24, 2.45) is 7.05 Å². The van der Waals surface area contributed by atoms with Crippen LogP contribution in [0.5, 0.6) is 0 Å². The molecule has 0 N–H and O–H groups in total. The van der Waals surface area contributed by atoms with E-state index in [1.807, 2.05) is 20.0 Å². The van der Waals surface area contributed by atoms with E-state index < -0.39 is 10.0 Å². The van der Waals surface area contributed by atoms with E-state index in [9.17, 15) is 8.42 Å². The van der Waals surface area contributed by atoms with Crippen LogP contribution in [0.15, 0.2) is 35.2 Å². The van der Waals surface area contributed by atoms with Crippen molar-refractivity contribution in [1.29, 1.82) is 0 Å². The Morgan fingerprint density at radius 2 is 1.89 bits per heavy atom. The molecule has 9 heteroatoms. The molecule has 0 aliphatic carbocycles. The average Bonchev–Trinajstić information content (AvgIpc) is 3.05. The van der Waals surface area contributed by atoms with Crippen LogP contribution < -0.4 is 9.47 Å². The number of ether oxygens (including phenoxy) is 2. The molecule has 3 heterocycles. The molecule has 1 aromatic carbocycles. The summed E-state index contributed by atoms with van der Waals surface area (Å²) in [6.07, 6.45) is -0.298. The molecule has 0 amide bonds. The Kier molecular flexibility index (Phi) is 5.45. The molecule has 0 saturated carbocycles. The summed E-state index contributed by atoms with van der Waals surface area (Å²) in [6.45, 7) is 5.36. The first-order chi connectivity index (χ1) is 13.4. The highest BCUT2D eigenvalue weighted by Crippen LogP contribution is 2.41. The minimum atomic E-state index is -3.62. The molecule has 4 rings (SSSR count). The number of rotatable bonds is 4. The Bertz CT molecular complexity index is 940. The van der Waals surface area contributed by atoms with E-state index in [0.29, 0.717) is 24.7 Å². The summed E-state index contributed by atoms with van der Waals surface area (Å²) in [5, 5.41) is 1.13. The van der Waals surface area contributed by atoms with Crippen LogP contribution in [0, 0.1) is 0 Å². The summed E-state index contributed by atoms with van der Waals surface area (Å²) in [5.41, 5.74) is 0.996. The quantitative estimate of drug-likeness (QED) is 0.699. The second-order valence-electron chi connectivity index (χ2n) is 7.11. The van der Waals surface area contributed by atoms with Crippen LogP contribution in [-0.2, 0) is 33.1 Å². The van der Waals surface area contributed by atoms with Crippen LogP contribution in [-0.4, -0.2) is 52.2 Å². The number of anilines is 1.